The van der Waals surface area contributed by atoms with Gasteiger partial charge in [-0.05, 0) is 30.0 Å². The van der Waals surface area contributed by atoms with Gasteiger partial charge in [0.15, 0.2) is 0 Å². The number of amides is 1. The lowest BCUT2D eigenvalue weighted by Crippen LogP contribution is -2.47. The molecule has 9 heteroatoms. The fourth-order valence-electron chi connectivity index (χ4n) is 2.96. The van der Waals surface area contributed by atoms with Gasteiger partial charge in [-0.25, -0.2) is 0 Å². The molecule has 1 aliphatic heterocycles. The maximum atomic E-state index is 12.7. The molecule has 1 amide bonds. The van der Waals surface area contributed by atoms with Crippen LogP contribution in [0.1, 0.15) is 44.2 Å². The first-order chi connectivity index (χ1) is 12.7. The van der Waals surface area contributed by atoms with Crippen molar-refractivity contribution in [2.45, 2.75) is 51.9 Å². The fraction of sp³-hybridized carbons (Fsp3) is 0.579. The lowest BCUT2D eigenvalue weighted by molar-refractivity contribution is -0.137. The van der Waals surface area contributed by atoms with Crippen molar-refractivity contribution in [2.75, 3.05) is 13.1 Å². The Morgan fingerprint density at radius 3 is 2.50 bits per heavy atom. The maximum absolute atomic E-state index is 12.7. The topological polar surface area (TPSA) is 67.9 Å². The van der Waals surface area contributed by atoms with E-state index in [2.05, 4.69) is 5.16 Å². The molecule has 158 valence electrons. The summed E-state index contributed by atoms with van der Waals surface area (Å²) in [5, 5.41) is 4.02. The molecule has 1 aromatic carbocycles. The predicted octanol–water partition coefficient (Wildman–Crippen LogP) is 4.00. The molecule has 1 aromatic rings. The molecule has 0 saturated carbocycles. The minimum Gasteiger partial charge on any atom is -0.391 e. The van der Waals surface area contributed by atoms with Crippen LogP contribution in [0.4, 0.5) is 13.2 Å². The van der Waals surface area contributed by atoms with Gasteiger partial charge < -0.3 is 15.5 Å². The number of piperidine rings is 1. The largest absolute Gasteiger partial charge is 0.416 e. The van der Waals surface area contributed by atoms with E-state index in [0.717, 1.165) is 17.8 Å². The predicted molar refractivity (Wildman–Crippen MR) is 104 cm³/mol. The molecule has 28 heavy (non-hydrogen) atoms. The van der Waals surface area contributed by atoms with Crippen LogP contribution in [0.25, 0.3) is 0 Å². The van der Waals surface area contributed by atoms with E-state index in [0.29, 0.717) is 43.8 Å². The summed E-state index contributed by atoms with van der Waals surface area (Å²) in [6, 6.07) is 4.50. The smallest absolute Gasteiger partial charge is 0.391 e. The van der Waals surface area contributed by atoms with E-state index in [1.54, 1.807) is 11.0 Å². The summed E-state index contributed by atoms with van der Waals surface area (Å²) in [5.74, 6) is 0.308. The van der Waals surface area contributed by atoms with Gasteiger partial charge in [0.05, 0.1) is 17.3 Å². The highest BCUT2D eigenvalue weighted by molar-refractivity contribution is 5.88. The lowest BCUT2D eigenvalue weighted by Gasteiger charge is -2.30. The normalized spacial score (nSPS) is 15.8. The molecule has 0 aliphatic carbocycles. The fourth-order valence-corrected chi connectivity index (χ4v) is 2.96. The molecule has 0 spiro atoms. The maximum Gasteiger partial charge on any atom is 0.416 e. The first kappa shape index (κ1) is 24.2. The minimum absolute atomic E-state index is 0. The Morgan fingerprint density at radius 1 is 1.29 bits per heavy atom. The third kappa shape index (κ3) is 7.31. The third-order valence-electron chi connectivity index (χ3n) is 4.37. The van der Waals surface area contributed by atoms with Crippen molar-refractivity contribution in [3.05, 3.63) is 35.4 Å². The second kappa shape index (κ2) is 10.7. The summed E-state index contributed by atoms with van der Waals surface area (Å²) in [6.45, 7) is 5.06. The summed E-state index contributed by atoms with van der Waals surface area (Å²) in [7, 11) is 0. The molecule has 0 bridgehead atoms. The lowest BCUT2D eigenvalue weighted by atomic mass is 10.0. The number of rotatable bonds is 6. The Kier molecular flexibility index (Phi) is 9.23. The summed E-state index contributed by atoms with van der Waals surface area (Å²) < 4.78 is 38.1. The van der Waals surface area contributed by atoms with Crippen LogP contribution in [0.5, 0.6) is 0 Å². The van der Waals surface area contributed by atoms with Crippen LogP contribution in [0.2, 0.25) is 0 Å². The van der Waals surface area contributed by atoms with Gasteiger partial charge in [-0.3, -0.25) is 4.79 Å². The van der Waals surface area contributed by atoms with Gasteiger partial charge in [0.25, 0.3) is 0 Å². The Balaban J connectivity index is 0.00000392. The number of oxime groups is 1. The second-order valence-electron chi connectivity index (χ2n) is 7.19. The van der Waals surface area contributed by atoms with Gasteiger partial charge >= 0.3 is 6.18 Å². The summed E-state index contributed by atoms with van der Waals surface area (Å²) in [5.41, 5.74) is 6.44. The molecule has 0 radical (unpaired) electrons. The van der Waals surface area contributed by atoms with Gasteiger partial charge in [0.2, 0.25) is 5.91 Å². The van der Waals surface area contributed by atoms with Gasteiger partial charge in [0.1, 0.15) is 6.61 Å². The number of alkyl halides is 3. The molecule has 1 unspecified atom stereocenters. The SMILES string of the molecule is CC(C)CC(N)C(=O)N1CCC(=NOCc2cccc(C(F)(F)F)c2)CC1.Cl. The number of likely N-dealkylation sites (tertiary alicyclic amines) is 1. The highest BCUT2D eigenvalue weighted by Crippen LogP contribution is 2.29. The zero-order valence-electron chi connectivity index (χ0n) is 16.0. The molecule has 1 saturated heterocycles. The number of hydrogen-bond donors (Lipinski definition) is 1. The van der Waals surface area contributed by atoms with Gasteiger partial charge in [0, 0.05) is 25.9 Å². The number of benzene rings is 1. The van der Waals surface area contributed by atoms with E-state index in [9.17, 15) is 18.0 Å². The van der Waals surface area contributed by atoms with E-state index in [1.165, 1.54) is 6.07 Å². The van der Waals surface area contributed by atoms with Gasteiger partial charge in [-0.1, -0.05) is 31.1 Å². The molecule has 1 aliphatic rings. The molecule has 2 rings (SSSR count). The number of carbonyl (C=O) groups excluding carboxylic acids is 1. The highest BCUT2D eigenvalue weighted by Gasteiger charge is 2.30. The first-order valence-corrected chi connectivity index (χ1v) is 9.05. The molecular weight excluding hydrogens is 395 g/mol. The Hall–Kier alpha value is -1.80. The second-order valence-corrected chi connectivity index (χ2v) is 7.19. The molecule has 1 heterocycles. The number of carbonyl (C=O) groups is 1. The van der Waals surface area contributed by atoms with Crippen LogP contribution in [-0.4, -0.2) is 35.7 Å². The van der Waals surface area contributed by atoms with E-state index < -0.39 is 17.8 Å². The van der Waals surface area contributed by atoms with Crippen LogP contribution in [0, 0.1) is 5.92 Å². The van der Waals surface area contributed by atoms with Crippen molar-refractivity contribution in [2.24, 2.45) is 16.8 Å². The number of halogens is 4. The standard InChI is InChI=1S/C19H26F3N3O2.ClH/c1-13(2)10-17(23)18(26)25-8-6-16(7-9-25)24-27-12-14-4-3-5-15(11-14)19(20,21)22;/h3-5,11,13,17H,6-10,12,23H2,1-2H3;1H. The van der Waals surface area contributed by atoms with Crippen molar-refractivity contribution >= 4 is 24.0 Å². The highest BCUT2D eigenvalue weighted by atomic mass is 35.5. The summed E-state index contributed by atoms with van der Waals surface area (Å²) in [4.78, 5) is 19.2. The zero-order chi connectivity index (χ0) is 20.0. The molecule has 2 N–H and O–H groups in total. The average Bonchev–Trinajstić information content (AvgIpc) is 2.60. The van der Waals surface area contributed by atoms with Crippen LogP contribution >= 0.6 is 12.4 Å². The van der Waals surface area contributed by atoms with Crippen LogP contribution in [0.3, 0.4) is 0 Å². The van der Waals surface area contributed by atoms with Crippen LogP contribution < -0.4 is 5.73 Å². The quantitative estimate of drug-likeness (QED) is 0.706. The molecule has 5 nitrogen and oxygen atoms in total. The van der Waals surface area contributed by atoms with Crippen molar-refractivity contribution in [3.63, 3.8) is 0 Å². The summed E-state index contributed by atoms with van der Waals surface area (Å²) in [6.07, 6.45) is -2.58. The van der Waals surface area contributed by atoms with E-state index in [4.69, 9.17) is 10.6 Å². The molecule has 1 fully saturated rings. The summed E-state index contributed by atoms with van der Waals surface area (Å²) >= 11 is 0. The van der Waals surface area contributed by atoms with Gasteiger partial charge in [-0.2, -0.15) is 13.2 Å². The van der Waals surface area contributed by atoms with Crippen molar-refractivity contribution in [3.8, 4) is 0 Å². The average molecular weight is 422 g/mol. The number of hydrogen-bond acceptors (Lipinski definition) is 4. The van der Waals surface area contributed by atoms with E-state index in [-0.39, 0.29) is 24.9 Å². The first-order valence-electron chi connectivity index (χ1n) is 9.05. The zero-order valence-corrected chi connectivity index (χ0v) is 16.9. The van der Waals surface area contributed by atoms with Crippen molar-refractivity contribution in [1.82, 2.24) is 4.90 Å². The Bertz CT molecular complexity index is 671. The van der Waals surface area contributed by atoms with Crippen molar-refractivity contribution in [1.29, 1.82) is 0 Å². The Labute approximate surface area is 169 Å². The van der Waals surface area contributed by atoms with Gasteiger partial charge in [-0.15, -0.1) is 12.4 Å². The van der Waals surface area contributed by atoms with Crippen LogP contribution in [-0.2, 0) is 22.4 Å². The number of nitrogens with zero attached hydrogens (tertiary/aromatic N) is 2. The van der Waals surface area contributed by atoms with E-state index in [1.807, 2.05) is 13.8 Å². The van der Waals surface area contributed by atoms with Crippen LogP contribution in [0.15, 0.2) is 29.4 Å². The third-order valence-corrected chi connectivity index (χ3v) is 4.37. The minimum atomic E-state index is -4.38. The molecular formula is C19H27ClF3N3O2. The number of nitrogens with two attached hydrogens (primary N) is 1. The monoisotopic (exact) mass is 421 g/mol. The van der Waals surface area contributed by atoms with E-state index >= 15 is 0 Å². The van der Waals surface area contributed by atoms with Crippen molar-refractivity contribution < 1.29 is 22.8 Å². The Morgan fingerprint density at radius 2 is 1.93 bits per heavy atom. The molecule has 0 aromatic heterocycles. The molecule has 1 atom stereocenters.